The Kier molecular flexibility index (Phi) is 7.04. The topological polar surface area (TPSA) is 118 Å². The summed E-state index contributed by atoms with van der Waals surface area (Å²) in [5.41, 5.74) is 1.67. The average Bonchev–Trinajstić information content (AvgIpc) is 3.52. The molecule has 4 heterocycles. The number of hydrogen-bond acceptors (Lipinski definition) is 8. The molecule has 216 valence electrons. The molecule has 4 fully saturated rings. The van der Waals surface area contributed by atoms with Crippen LogP contribution >= 0.6 is 0 Å². The second kappa shape index (κ2) is 10.8. The van der Waals surface area contributed by atoms with E-state index < -0.39 is 5.76 Å². The van der Waals surface area contributed by atoms with Crippen molar-refractivity contribution in [2.45, 2.75) is 116 Å². The molecule has 1 aliphatic heterocycles. The van der Waals surface area contributed by atoms with Crippen LogP contribution in [-0.2, 0) is 6.54 Å². The Bertz CT molecular complexity index is 1380. The number of fused-ring (bicyclic) bond motifs is 2. The lowest BCUT2D eigenvalue weighted by molar-refractivity contribution is 0.236. The molecule has 0 spiro atoms. The number of piperidine rings is 1. The molecule has 3 aromatic rings. The molecular formula is C30H44N8O2. The summed E-state index contributed by atoms with van der Waals surface area (Å²) in [5, 5.41) is 7.69. The first kappa shape index (κ1) is 26.0. The zero-order valence-corrected chi connectivity index (χ0v) is 24.1. The van der Waals surface area contributed by atoms with Crippen molar-refractivity contribution in [3.8, 4) is 11.6 Å². The van der Waals surface area contributed by atoms with E-state index in [1.807, 2.05) is 0 Å². The third-order valence-electron chi connectivity index (χ3n) is 10.5. The van der Waals surface area contributed by atoms with Gasteiger partial charge in [-0.1, -0.05) is 44.2 Å². The highest BCUT2D eigenvalue weighted by Crippen LogP contribution is 2.41. The van der Waals surface area contributed by atoms with Crippen LogP contribution < -0.4 is 16.0 Å². The molecule has 7 rings (SSSR count). The molecule has 10 nitrogen and oxygen atoms in total. The highest BCUT2D eigenvalue weighted by Gasteiger charge is 2.37. The summed E-state index contributed by atoms with van der Waals surface area (Å²) >= 11 is 0. The van der Waals surface area contributed by atoms with E-state index in [0.29, 0.717) is 29.3 Å². The van der Waals surface area contributed by atoms with E-state index in [0.717, 1.165) is 42.2 Å². The van der Waals surface area contributed by atoms with Crippen LogP contribution in [0.5, 0.6) is 0 Å². The molecule has 0 amide bonds. The maximum absolute atomic E-state index is 11.8. The maximum Gasteiger partial charge on any atom is 0.439 e. The van der Waals surface area contributed by atoms with Crippen LogP contribution in [0.15, 0.2) is 9.32 Å². The molecule has 3 saturated carbocycles. The third kappa shape index (κ3) is 4.91. The smallest absolute Gasteiger partial charge is 0.365 e. The van der Waals surface area contributed by atoms with Gasteiger partial charge in [0.05, 0.1) is 0 Å². The van der Waals surface area contributed by atoms with Gasteiger partial charge in [-0.05, 0) is 82.0 Å². The summed E-state index contributed by atoms with van der Waals surface area (Å²) in [6, 6.07) is 0.838. The van der Waals surface area contributed by atoms with Crippen LogP contribution in [0.2, 0.25) is 0 Å². The number of aromatic amines is 1. The molecule has 0 bridgehead atoms. The lowest BCUT2D eigenvalue weighted by atomic mass is 9.78. The third-order valence-corrected chi connectivity index (χ3v) is 10.5. The number of anilines is 2. The molecule has 3 atom stereocenters. The molecule has 4 aliphatic rings. The summed E-state index contributed by atoms with van der Waals surface area (Å²) in [6.45, 7) is 6.64. The Morgan fingerprint density at radius 3 is 2.52 bits per heavy atom. The second-order valence-corrected chi connectivity index (χ2v) is 13.2. The largest absolute Gasteiger partial charge is 0.439 e. The van der Waals surface area contributed by atoms with Gasteiger partial charge in [0.15, 0.2) is 11.5 Å². The van der Waals surface area contributed by atoms with Crippen molar-refractivity contribution < 1.29 is 4.52 Å². The number of nitrogens with one attached hydrogen (secondary N) is 2. The SMILES string of the molecule is CC1CCC(Cn2c(N3CCC[C@@H]4CCCC[C@H]43)nc3nc(-c4noc(=O)[nH]4)nc(N[C@H](C)C4CCC4)c32)CC1. The summed E-state index contributed by atoms with van der Waals surface area (Å²) in [4.78, 5) is 32.2. The van der Waals surface area contributed by atoms with Gasteiger partial charge in [-0.25, -0.2) is 14.8 Å². The monoisotopic (exact) mass is 548 g/mol. The number of H-pyrrole nitrogens is 1. The lowest BCUT2D eigenvalue weighted by Gasteiger charge is -2.45. The molecule has 10 heteroatoms. The average molecular weight is 549 g/mol. The fraction of sp³-hybridized carbons (Fsp3) is 0.767. The summed E-state index contributed by atoms with van der Waals surface area (Å²) in [6.07, 6.45) is 16.7. The predicted molar refractivity (Wildman–Crippen MR) is 155 cm³/mol. The minimum atomic E-state index is -0.606. The van der Waals surface area contributed by atoms with Gasteiger partial charge < -0.3 is 14.8 Å². The van der Waals surface area contributed by atoms with Crippen molar-refractivity contribution in [2.75, 3.05) is 16.8 Å². The molecule has 40 heavy (non-hydrogen) atoms. The van der Waals surface area contributed by atoms with Crippen molar-refractivity contribution in [3.63, 3.8) is 0 Å². The van der Waals surface area contributed by atoms with Crippen molar-refractivity contribution in [3.05, 3.63) is 10.6 Å². The first-order valence-electron chi connectivity index (χ1n) is 15.9. The molecule has 0 unspecified atom stereocenters. The Morgan fingerprint density at radius 1 is 0.975 bits per heavy atom. The highest BCUT2D eigenvalue weighted by molar-refractivity contribution is 5.87. The summed E-state index contributed by atoms with van der Waals surface area (Å²) in [7, 11) is 0. The first-order chi connectivity index (χ1) is 19.5. The van der Waals surface area contributed by atoms with E-state index in [1.54, 1.807) is 0 Å². The van der Waals surface area contributed by atoms with Gasteiger partial charge in [0.1, 0.15) is 5.52 Å². The predicted octanol–water partition coefficient (Wildman–Crippen LogP) is 5.76. The number of imidazole rings is 1. The molecular weight excluding hydrogens is 504 g/mol. The van der Waals surface area contributed by atoms with Gasteiger partial charge in [0.25, 0.3) is 0 Å². The molecule has 3 aromatic heterocycles. The Labute approximate surface area is 235 Å². The quantitative estimate of drug-likeness (QED) is 0.383. The van der Waals surface area contributed by atoms with E-state index in [-0.39, 0.29) is 11.9 Å². The van der Waals surface area contributed by atoms with E-state index in [9.17, 15) is 4.79 Å². The minimum Gasteiger partial charge on any atom is -0.365 e. The van der Waals surface area contributed by atoms with Crippen LogP contribution in [0, 0.1) is 23.7 Å². The fourth-order valence-electron chi connectivity index (χ4n) is 7.87. The van der Waals surface area contributed by atoms with Gasteiger partial charge in [-0.2, -0.15) is 4.98 Å². The molecule has 0 aromatic carbocycles. The number of rotatable bonds is 7. The van der Waals surface area contributed by atoms with Crippen molar-refractivity contribution in [1.29, 1.82) is 0 Å². The van der Waals surface area contributed by atoms with Crippen LogP contribution in [0.4, 0.5) is 11.8 Å². The van der Waals surface area contributed by atoms with Crippen molar-refractivity contribution in [2.24, 2.45) is 23.7 Å². The van der Waals surface area contributed by atoms with Gasteiger partial charge in [0, 0.05) is 25.2 Å². The first-order valence-corrected chi connectivity index (χ1v) is 15.9. The standard InChI is InChI=1S/C30H44N8O2/c1-18-12-14-20(15-13-18)17-38-24-25(31-19(2)21-8-5-9-21)32-27(28-35-30(39)40-36-28)33-26(24)34-29(38)37-16-6-10-22-7-3-4-11-23(22)37/h18-23H,3-17H2,1-2H3,(H,31,32,33)(H,35,36,39)/t18?,19-,20?,22+,23-/m1/s1. The van der Waals surface area contributed by atoms with Crippen LogP contribution in [-0.4, -0.2) is 48.3 Å². The Hall–Kier alpha value is -2.91. The number of aromatic nitrogens is 6. The zero-order valence-electron chi connectivity index (χ0n) is 24.1. The van der Waals surface area contributed by atoms with Crippen LogP contribution in [0.1, 0.15) is 97.3 Å². The van der Waals surface area contributed by atoms with Gasteiger partial charge in [-0.15, -0.1) is 0 Å². The normalized spacial score (nSPS) is 28.3. The molecule has 1 saturated heterocycles. The van der Waals surface area contributed by atoms with Crippen molar-refractivity contribution >= 4 is 22.9 Å². The van der Waals surface area contributed by atoms with Gasteiger partial charge in [0.2, 0.25) is 17.6 Å². The van der Waals surface area contributed by atoms with Crippen molar-refractivity contribution in [1.82, 2.24) is 29.7 Å². The fourth-order valence-corrected chi connectivity index (χ4v) is 7.87. The molecule has 2 N–H and O–H groups in total. The van der Waals surface area contributed by atoms with Crippen LogP contribution in [0.25, 0.3) is 22.8 Å². The van der Waals surface area contributed by atoms with Gasteiger partial charge in [-0.3, -0.25) is 9.51 Å². The Morgan fingerprint density at radius 2 is 1.77 bits per heavy atom. The second-order valence-electron chi connectivity index (χ2n) is 13.2. The molecule has 3 aliphatic carbocycles. The number of hydrogen-bond donors (Lipinski definition) is 2. The van der Waals surface area contributed by atoms with E-state index >= 15 is 0 Å². The Balaban J connectivity index is 1.36. The minimum absolute atomic E-state index is 0.244. The number of nitrogens with zero attached hydrogens (tertiary/aromatic N) is 6. The lowest BCUT2D eigenvalue weighted by Crippen LogP contribution is -2.48. The summed E-state index contributed by atoms with van der Waals surface area (Å²) < 4.78 is 7.28. The highest BCUT2D eigenvalue weighted by atomic mass is 16.5. The van der Waals surface area contributed by atoms with E-state index in [2.05, 4.69) is 38.8 Å². The van der Waals surface area contributed by atoms with Gasteiger partial charge >= 0.3 is 5.76 Å². The molecule has 0 radical (unpaired) electrons. The van der Waals surface area contributed by atoms with E-state index in [4.69, 9.17) is 19.5 Å². The summed E-state index contributed by atoms with van der Waals surface area (Å²) in [5.74, 6) is 4.68. The zero-order chi connectivity index (χ0) is 27.2. The van der Waals surface area contributed by atoms with Crippen LogP contribution in [0.3, 0.4) is 0 Å². The van der Waals surface area contributed by atoms with E-state index in [1.165, 1.54) is 83.5 Å². The maximum atomic E-state index is 11.8.